The second kappa shape index (κ2) is 7.24. The molecule has 0 bridgehead atoms. The van der Waals surface area contributed by atoms with Crippen molar-refractivity contribution < 1.29 is 4.42 Å². The zero-order valence-electron chi connectivity index (χ0n) is 13.6. The minimum Gasteiger partial charge on any atom is -0.464 e. The number of nitrogens with zero attached hydrogens (tertiary/aromatic N) is 3. The third-order valence-corrected chi connectivity index (χ3v) is 3.90. The van der Waals surface area contributed by atoms with Gasteiger partial charge in [-0.2, -0.15) is 5.10 Å². The lowest BCUT2D eigenvalue weighted by Gasteiger charge is -2.12. The highest BCUT2D eigenvalue weighted by molar-refractivity contribution is 5.22. The minimum atomic E-state index is 0.199. The number of aromatic nitrogens is 3. The van der Waals surface area contributed by atoms with Crippen molar-refractivity contribution in [3.8, 4) is 0 Å². The van der Waals surface area contributed by atoms with Crippen molar-refractivity contribution in [3.05, 3.63) is 71.7 Å². The van der Waals surface area contributed by atoms with E-state index in [1.165, 1.54) is 11.1 Å². The van der Waals surface area contributed by atoms with Crippen molar-refractivity contribution in [2.45, 2.75) is 39.4 Å². The molecule has 1 aromatic carbocycles. The molecule has 3 aromatic rings. The molecule has 0 fully saturated rings. The van der Waals surface area contributed by atoms with Crippen molar-refractivity contribution in [2.75, 3.05) is 0 Å². The van der Waals surface area contributed by atoms with Crippen molar-refractivity contribution in [1.29, 1.82) is 0 Å². The van der Waals surface area contributed by atoms with Gasteiger partial charge < -0.3 is 9.73 Å². The maximum absolute atomic E-state index is 5.78. The molecule has 1 N–H and O–H groups in total. The molecule has 0 spiro atoms. The summed E-state index contributed by atoms with van der Waals surface area (Å²) in [5.41, 5.74) is 2.47. The molecular formula is C18H22N4O. The largest absolute Gasteiger partial charge is 0.464 e. The summed E-state index contributed by atoms with van der Waals surface area (Å²) in [5.74, 6) is 2.02. The smallest absolute Gasteiger partial charge is 0.137 e. The Morgan fingerprint density at radius 2 is 1.91 bits per heavy atom. The Morgan fingerprint density at radius 1 is 1.13 bits per heavy atom. The first-order valence-electron chi connectivity index (χ1n) is 7.97. The highest BCUT2D eigenvalue weighted by Gasteiger charge is 2.09. The van der Waals surface area contributed by atoms with E-state index in [9.17, 15) is 0 Å². The van der Waals surface area contributed by atoms with Gasteiger partial charge in [-0.3, -0.25) is 0 Å². The summed E-state index contributed by atoms with van der Waals surface area (Å²) in [5, 5.41) is 7.62. The molecule has 0 aliphatic rings. The van der Waals surface area contributed by atoms with Gasteiger partial charge in [-0.25, -0.2) is 9.67 Å². The van der Waals surface area contributed by atoms with Gasteiger partial charge in [0, 0.05) is 13.0 Å². The maximum atomic E-state index is 5.78. The van der Waals surface area contributed by atoms with Crippen LogP contribution in [0.3, 0.4) is 0 Å². The Labute approximate surface area is 136 Å². The molecule has 1 atom stereocenters. The van der Waals surface area contributed by atoms with Crippen LogP contribution in [0, 0.1) is 0 Å². The Morgan fingerprint density at radius 3 is 2.57 bits per heavy atom. The zero-order valence-corrected chi connectivity index (χ0v) is 13.6. The second-order valence-electron chi connectivity index (χ2n) is 5.67. The van der Waals surface area contributed by atoms with Crippen LogP contribution in [0.25, 0.3) is 0 Å². The predicted octanol–water partition coefficient (Wildman–Crippen LogP) is 3.33. The van der Waals surface area contributed by atoms with Crippen LogP contribution in [-0.2, 0) is 19.5 Å². The maximum Gasteiger partial charge on any atom is 0.137 e. The fourth-order valence-corrected chi connectivity index (χ4v) is 2.45. The van der Waals surface area contributed by atoms with E-state index in [-0.39, 0.29) is 6.04 Å². The van der Waals surface area contributed by atoms with Crippen molar-refractivity contribution in [2.24, 2.45) is 0 Å². The van der Waals surface area contributed by atoms with Gasteiger partial charge in [0.1, 0.15) is 24.2 Å². The number of hydrogen-bond donors (Lipinski definition) is 1. The highest BCUT2D eigenvalue weighted by atomic mass is 16.3. The summed E-state index contributed by atoms with van der Waals surface area (Å²) in [7, 11) is 0. The van der Waals surface area contributed by atoms with Gasteiger partial charge in [0.2, 0.25) is 0 Å². The molecule has 3 rings (SSSR count). The third kappa shape index (κ3) is 4.07. The Hall–Kier alpha value is -2.40. The molecule has 0 radical (unpaired) electrons. The quantitative estimate of drug-likeness (QED) is 0.727. The zero-order chi connectivity index (χ0) is 16.1. The Balaban J connectivity index is 1.53. The van der Waals surface area contributed by atoms with Crippen molar-refractivity contribution in [1.82, 2.24) is 20.1 Å². The standard InChI is InChI=1S/C18H22N4O/c1-3-17-8-9-18(23-17)14(2)20-10-15-4-6-16(7-5-15)11-22-13-19-12-21-22/h4-9,12-14,20H,3,10-11H2,1-2H3/t14-/m1/s1. The monoisotopic (exact) mass is 310 g/mol. The first-order valence-corrected chi connectivity index (χ1v) is 7.97. The second-order valence-corrected chi connectivity index (χ2v) is 5.67. The number of hydrogen-bond acceptors (Lipinski definition) is 4. The lowest BCUT2D eigenvalue weighted by atomic mass is 10.1. The van der Waals surface area contributed by atoms with E-state index in [4.69, 9.17) is 4.42 Å². The van der Waals surface area contributed by atoms with Crippen LogP contribution < -0.4 is 5.32 Å². The van der Waals surface area contributed by atoms with Crippen LogP contribution >= 0.6 is 0 Å². The van der Waals surface area contributed by atoms with Crippen LogP contribution in [0.5, 0.6) is 0 Å². The summed E-state index contributed by atoms with van der Waals surface area (Å²) < 4.78 is 7.60. The molecule has 5 heteroatoms. The fourth-order valence-electron chi connectivity index (χ4n) is 2.45. The molecule has 2 aromatic heterocycles. The Kier molecular flexibility index (Phi) is 4.88. The molecule has 0 amide bonds. The number of nitrogens with one attached hydrogen (secondary N) is 1. The van der Waals surface area contributed by atoms with Gasteiger partial charge in [-0.05, 0) is 30.2 Å². The molecule has 2 heterocycles. The number of furan rings is 1. The van der Waals surface area contributed by atoms with Gasteiger partial charge in [0.25, 0.3) is 0 Å². The normalized spacial score (nSPS) is 12.4. The SMILES string of the molecule is CCc1ccc([C@@H](C)NCc2ccc(Cn3cncn3)cc2)o1. The van der Waals surface area contributed by atoms with E-state index in [1.807, 2.05) is 10.7 Å². The number of aryl methyl sites for hydroxylation is 1. The molecule has 5 nitrogen and oxygen atoms in total. The average molecular weight is 310 g/mol. The van der Waals surface area contributed by atoms with E-state index >= 15 is 0 Å². The third-order valence-electron chi connectivity index (χ3n) is 3.90. The van der Waals surface area contributed by atoms with E-state index in [2.05, 4.69) is 59.6 Å². The summed E-state index contributed by atoms with van der Waals surface area (Å²) in [6.45, 7) is 5.78. The van der Waals surface area contributed by atoms with Gasteiger partial charge in [-0.15, -0.1) is 0 Å². The van der Waals surface area contributed by atoms with Crippen LogP contribution in [0.2, 0.25) is 0 Å². The van der Waals surface area contributed by atoms with Crippen LogP contribution in [0.15, 0.2) is 53.5 Å². The summed E-state index contributed by atoms with van der Waals surface area (Å²) in [4.78, 5) is 3.95. The number of rotatable bonds is 7. The first kappa shape index (κ1) is 15.5. The van der Waals surface area contributed by atoms with Gasteiger partial charge in [0.05, 0.1) is 12.6 Å². The molecule has 23 heavy (non-hydrogen) atoms. The van der Waals surface area contributed by atoms with Crippen molar-refractivity contribution in [3.63, 3.8) is 0 Å². The van der Waals surface area contributed by atoms with E-state index in [0.29, 0.717) is 0 Å². The summed E-state index contributed by atoms with van der Waals surface area (Å²) >= 11 is 0. The summed E-state index contributed by atoms with van der Waals surface area (Å²) in [6.07, 6.45) is 4.21. The van der Waals surface area contributed by atoms with Gasteiger partial charge in [-0.1, -0.05) is 31.2 Å². The first-order chi connectivity index (χ1) is 11.2. The molecule has 0 aliphatic carbocycles. The predicted molar refractivity (Wildman–Crippen MR) is 88.9 cm³/mol. The highest BCUT2D eigenvalue weighted by Crippen LogP contribution is 2.17. The molecular weight excluding hydrogens is 288 g/mol. The topological polar surface area (TPSA) is 55.9 Å². The molecule has 120 valence electrons. The molecule has 0 saturated heterocycles. The van der Waals surface area contributed by atoms with E-state index in [0.717, 1.165) is 31.0 Å². The molecule has 0 saturated carbocycles. The molecule has 0 aliphatic heterocycles. The lowest BCUT2D eigenvalue weighted by molar-refractivity contribution is 0.408. The van der Waals surface area contributed by atoms with Crippen molar-refractivity contribution >= 4 is 0 Å². The number of benzene rings is 1. The van der Waals surface area contributed by atoms with Gasteiger partial charge in [0.15, 0.2) is 0 Å². The fraction of sp³-hybridized carbons (Fsp3) is 0.333. The van der Waals surface area contributed by atoms with Crippen LogP contribution in [0.4, 0.5) is 0 Å². The van der Waals surface area contributed by atoms with E-state index in [1.54, 1.807) is 12.7 Å². The van der Waals surface area contributed by atoms with Crippen LogP contribution in [0.1, 0.15) is 42.5 Å². The molecule has 0 unspecified atom stereocenters. The lowest BCUT2D eigenvalue weighted by Crippen LogP contribution is -2.17. The van der Waals surface area contributed by atoms with E-state index < -0.39 is 0 Å². The average Bonchev–Trinajstić information content (AvgIpc) is 3.25. The van der Waals surface area contributed by atoms with Gasteiger partial charge >= 0.3 is 0 Å². The minimum absolute atomic E-state index is 0.199. The van der Waals surface area contributed by atoms with Crippen LogP contribution in [-0.4, -0.2) is 14.8 Å². The summed E-state index contributed by atoms with van der Waals surface area (Å²) in [6, 6.07) is 12.9. The Bertz CT molecular complexity index is 716.